The maximum absolute atomic E-state index is 6.23. The Kier molecular flexibility index (Phi) is 3.33. The van der Waals surface area contributed by atoms with E-state index in [1.165, 1.54) is 25.7 Å². The zero-order valence-corrected chi connectivity index (χ0v) is 11.9. The van der Waals surface area contributed by atoms with E-state index in [0.29, 0.717) is 18.1 Å². The zero-order chi connectivity index (χ0) is 11.8. The summed E-state index contributed by atoms with van der Waals surface area (Å²) in [6.07, 6.45) is 5.08. The van der Waals surface area contributed by atoms with E-state index in [1.807, 2.05) is 12.1 Å². The van der Waals surface area contributed by atoms with Crippen LogP contribution in [-0.4, -0.2) is 18.1 Å². The molecule has 2 bridgehead atoms. The van der Waals surface area contributed by atoms with Gasteiger partial charge in [-0.15, -0.1) is 0 Å². The third-order valence-corrected chi connectivity index (χ3v) is 4.57. The van der Waals surface area contributed by atoms with Gasteiger partial charge in [0.1, 0.15) is 0 Å². The quantitative estimate of drug-likeness (QED) is 0.867. The Labute approximate surface area is 115 Å². The lowest BCUT2D eigenvalue weighted by atomic mass is 9.99. The summed E-state index contributed by atoms with van der Waals surface area (Å²) in [4.78, 5) is 0. The second-order valence-electron chi connectivity index (χ2n) is 5.07. The molecule has 2 atom stereocenters. The molecular weight excluding hydrogens is 300 g/mol. The minimum Gasteiger partial charge on any atom is -0.381 e. The van der Waals surface area contributed by atoms with Crippen molar-refractivity contribution < 1.29 is 0 Å². The van der Waals surface area contributed by atoms with Crippen LogP contribution in [0.1, 0.15) is 25.7 Å². The molecule has 2 aliphatic heterocycles. The van der Waals surface area contributed by atoms with Gasteiger partial charge in [-0.1, -0.05) is 27.5 Å². The third kappa shape index (κ3) is 2.61. The molecule has 0 aromatic heterocycles. The molecule has 2 saturated heterocycles. The summed E-state index contributed by atoms with van der Waals surface area (Å²) in [5.74, 6) is 0. The Bertz CT molecular complexity index is 412. The highest BCUT2D eigenvalue weighted by Crippen LogP contribution is 2.31. The first-order valence-electron chi connectivity index (χ1n) is 6.18. The van der Waals surface area contributed by atoms with Crippen molar-refractivity contribution in [2.24, 2.45) is 0 Å². The molecule has 2 nitrogen and oxygen atoms in total. The van der Waals surface area contributed by atoms with Gasteiger partial charge in [0.05, 0.1) is 10.7 Å². The lowest BCUT2D eigenvalue weighted by molar-refractivity contribution is 0.378. The van der Waals surface area contributed by atoms with Crippen molar-refractivity contribution in [2.45, 2.75) is 43.8 Å². The van der Waals surface area contributed by atoms with Crippen LogP contribution in [0.25, 0.3) is 0 Å². The first-order valence-corrected chi connectivity index (χ1v) is 7.35. The fraction of sp³-hybridized carbons (Fsp3) is 0.538. The minimum absolute atomic E-state index is 0.562. The molecule has 92 valence electrons. The minimum atomic E-state index is 0.562. The van der Waals surface area contributed by atoms with E-state index in [1.54, 1.807) is 0 Å². The molecule has 0 radical (unpaired) electrons. The van der Waals surface area contributed by atoms with Gasteiger partial charge in [0, 0.05) is 22.6 Å². The number of fused-ring (bicyclic) bond motifs is 2. The maximum atomic E-state index is 6.23. The monoisotopic (exact) mass is 314 g/mol. The van der Waals surface area contributed by atoms with Crippen molar-refractivity contribution in [3.05, 3.63) is 27.7 Å². The van der Waals surface area contributed by atoms with Crippen molar-refractivity contribution >= 4 is 33.2 Å². The standard InChI is InChI=1S/C13H16BrClN2/c14-8-1-4-13(12(15)5-8)17-11-6-9-2-3-10(7-11)16-9/h1,4-5,9-11,16-17H,2-3,6-7H2. The third-order valence-electron chi connectivity index (χ3n) is 3.76. The topological polar surface area (TPSA) is 24.1 Å². The first-order chi connectivity index (χ1) is 8.20. The highest BCUT2D eigenvalue weighted by Gasteiger charge is 2.33. The molecule has 0 aliphatic carbocycles. The van der Waals surface area contributed by atoms with Crippen LogP contribution < -0.4 is 10.6 Å². The van der Waals surface area contributed by atoms with Gasteiger partial charge in [-0.25, -0.2) is 0 Å². The van der Waals surface area contributed by atoms with Crippen LogP contribution in [0.4, 0.5) is 5.69 Å². The first kappa shape index (κ1) is 11.8. The predicted octanol–water partition coefficient (Wildman–Crippen LogP) is 3.80. The average molecular weight is 316 g/mol. The SMILES string of the molecule is Clc1cc(Br)ccc1NC1CC2CCC(C1)N2. The molecule has 2 N–H and O–H groups in total. The Morgan fingerprint density at radius 2 is 1.94 bits per heavy atom. The van der Waals surface area contributed by atoms with Crippen molar-refractivity contribution in [2.75, 3.05) is 5.32 Å². The molecule has 1 aromatic rings. The van der Waals surface area contributed by atoms with Crippen molar-refractivity contribution in [1.29, 1.82) is 0 Å². The van der Waals surface area contributed by atoms with Gasteiger partial charge < -0.3 is 10.6 Å². The van der Waals surface area contributed by atoms with Gasteiger partial charge in [-0.3, -0.25) is 0 Å². The highest BCUT2D eigenvalue weighted by atomic mass is 79.9. The fourth-order valence-electron chi connectivity index (χ4n) is 3.00. The van der Waals surface area contributed by atoms with Gasteiger partial charge in [-0.2, -0.15) is 0 Å². The van der Waals surface area contributed by atoms with Crippen molar-refractivity contribution in [3.8, 4) is 0 Å². The molecule has 0 amide bonds. The van der Waals surface area contributed by atoms with Crippen LogP contribution in [0.5, 0.6) is 0 Å². The van der Waals surface area contributed by atoms with Gasteiger partial charge in [0.15, 0.2) is 0 Å². The number of anilines is 1. The van der Waals surface area contributed by atoms with E-state index >= 15 is 0 Å². The second kappa shape index (κ2) is 4.79. The Morgan fingerprint density at radius 3 is 2.59 bits per heavy atom. The van der Waals surface area contributed by atoms with Crippen molar-refractivity contribution in [1.82, 2.24) is 5.32 Å². The van der Waals surface area contributed by atoms with E-state index in [-0.39, 0.29) is 0 Å². The zero-order valence-electron chi connectivity index (χ0n) is 9.55. The number of hydrogen-bond acceptors (Lipinski definition) is 2. The highest BCUT2D eigenvalue weighted by molar-refractivity contribution is 9.10. The van der Waals surface area contributed by atoms with Gasteiger partial charge in [0.25, 0.3) is 0 Å². The number of piperidine rings is 1. The average Bonchev–Trinajstić information content (AvgIpc) is 2.62. The lowest BCUT2D eigenvalue weighted by Crippen LogP contribution is -2.43. The van der Waals surface area contributed by atoms with E-state index in [2.05, 4.69) is 32.6 Å². The van der Waals surface area contributed by atoms with Crippen LogP contribution in [0.15, 0.2) is 22.7 Å². The molecule has 2 heterocycles. The van der Waals surface area contributed by atoms with E-state index in [0.717, 1.165) is 15.2 Å². The summed E-state index contributed by atoms with van der Waals surface area (Å²) < 4.78 is 1.03. The molecule has 3 rings (SSSR count). The lowest BCUT2D eigenvalue weighted by Gasteiger charge is -2.30. The van der Waals surface area contributed by atoms with Crippen LogP contribution >= 0.6 is 27.5 Å². The van der Waals surface area contributed by atoms with E-state index < -0.39 is 0 Å². The molecule has 17 heavy (non-hydrogen) atoms. The molecule has 0 saturated carbocycles. The summed E-state index contributed by atoms with van der Waals surface area (Å²) in [6, 6.07) is 8.01. The number of rotatable bonds is 2. The number of hydrogen-bond donors (Lipinski definition) is 2. The smallest absolute Gasteiger partial charge is 0.0648 e. The summed E-state index contributed by atoms with van der Waals surface area (Å²) >= 11 is 9.66. The van der Waals surface area contributed by atoms with Crippen LogP contribution in [-0.2, 0) is 0 Å². The largest absolute Gasteiger partial charge is 0.381 e. The normalized spacial score (nSPS) is 31.5. The van der Waals surface area contributed by atoms with Gasteiger partial charge >= 0.3 is 0 Å². The van der Waals surface area contributed by atoms with Gasteiger partial charge in [0.2, 0.25) is 0 Å². The van der Waals surface area contributed by atoms with E-state index in [9.17, 15) is 0 Å². The van der Waals surface area contributed by atoms with Gasteiger partial charge in [-0.05, 0) is 43.9 Å². The van der Waals surface area contributed by atoms with Crippen LogP contribution in [0.2, 0.25) is 5.02 Å². The van der Waals surface area contributed by atoms with Crippen molar-refractivity contribution in [3.63, 3.8) is 0 Å². The number of halogens is 2. The summed E-state index contributed by atoms with van der Waals surface area (Å²) in [5, 5.41) is 8.03. The molecule has 1 aromatic carbocycles. The van der Waals surface area contributed by atoms with Crippen LogP contribution in [0, 0.1) is 0 Å². The summed E-state index contributed by atoms with van der Waals surface area (Å²) in [5.41, 5.74) is 1.06. The molecule has 2 unspecified atom stereocenters. The number of nitrogens with one attached hydrogen (secondary N) is 2. The fourth-order valence-corrected chi connectivity index (χ4v) is 3.73. The molecule has 2 aliphatic rings. The predicted molar refractivity (Wildman–Crippen MR) is 75.7 cm³/mol. The molecular formula is C13H16BrClN2. The summed E-state index contributed by atoms with van der Waals surface area (Å²) in [7, 11) is 0. The Morgan fingerprint density at radius 1 is 1.24 bits per heavy atom. The maximum Gasteiger partial charge on any atom is 0.0648 e. The summed E-state index contributed by atoms with van der Waals surface area (Å²) in [6.45, 7) is 0. The molecule has 0 spiro atoms. The molecule has 4 heteroatoms. The second-order valence-corrected chi connectivity index (χ2v) is 6.40. The molecule has 2 fully saturated rings. The number of benzene rings is 1. The Hall–Kier alpha value is -0.250. The van der Waals surface area contributed by atoms with Crippen LogP contribution in [0.3, 0.4) is 0 Å². The van der Waals surface area contributed by atoms with E-state index in [4.69, 9.17) is 11.6 Å². The Balaban J connectivity index is 1.70.